The lowest BCUT2D eigenvalue weighted by molar-refractivity contribution is -0.117. The molecular weight excluding hydrogens is 871 g/mol. The van der Waals surface area contributed by atoms with Gasteiger partial charge in [0, 0.05) is 49.6 Å². The molecular formula is C55H59N7O7. The number of pyridine rings is 2. The number of fused-ring (bicyclic) bond motifs is 6. The number of carbonyl (C=O) groups excluding carboxylic acids is 3. The third kappa shape index (κ3) is 8.15. The average molecular weight is 930 g/mol. The summed E-state index contributed by atoms with van der Waals surface area (Å²) in [5.74, 6) is -1.87. The summed E-state index contributed by atoms with van der Waals surface area (Å²) in [6.45, 7) is 9.42. The number of Topliss-reactive ketones (excluding diaryl/α,β-unsaturated/α-hetero) is 1. The van der Waals surface area contributed by atoms with Gasteiger partial charge in [-0.3, -0.25) is 38.5 Å². The Morgan fingerprint density at radius 3 is 1.22 bits per heavy atom. The van der Waals surface area contributed by atoms with Crippen LogP contribution in [0.2, 0.25) is 0 Å². The van der Waals surface area contributed by atoms with E-state index in [0.717, 1.165) is 47.9 Å². The second-order valence-corrected chi connectivity index (χ2v) is 18.9. The first-order valence-electron chi connectivity index (χ1n) is 23.9. The van der Waals surface area contributed by atoms with Crippen LogP contribution in [0.5, 0.6) is 11.5 Å². The summed E-state index contributed by atoms with van der Waals surface area (Å²) >= 11 is 0. The molecule has 0 saturated heterocycles. The van der Waals surface area contributed by atoms with Gasteiger partial charge in [-0.2, -0.15) is 0 Å². The molecule has 2 atom stereocenters. The fourth-order valence-electron chi connectivity index (χ4n) is 11.0. The Morgan fingerprint density at radius 1 is 0.551 bits per heavy atom. The standard InChI is InChI=1S/C29H31N3O4.C26H28N4O3/c1-18(2)31-25(15-12-19(3)33)32(30-17-16-24(34)28(35)27(30)29(31)36)26-22-10-6-4-8-20(22)13-14-21-9-5-7-11-23(21)26;1-16(2)29-22(15-27)30(28-14-13-21(31)25(32)24(28)26(29)33)23-19-9-5-3-7-17(19)11-12-18-8-4-6-10-20(18)23/h4-11,16-18,25-26,35H,12-15H2,1-3H3;3-10,13-14,16,22-23,32H,11-12,15,27H2,1-2H3. The molecule has 0 radical (unpaired) electrons. The molecule has 6 aromatic rings. The van der Waals surface area contributed by atoms with Gasteiger partial charge in [-0.1, -0.05) is 97.1 Å². The van der Waals surface area contributed by atoms with E-state index in [-0.39, 0.29) is 47.9 Å². The summed E-state index contributed by atoms with van der Waals surface area (Å²) in [5.41, 5.74) is 14.4. The molecule has 4 aliphatic rings. The summed E-state index contributed by atoms with van der Waals surface area (Å²) in [6, 6.07) is 34.9. The van der Waals surface area contributed by atoms with Crippen LogP contribution in [0.1, 0.15) is 125 Å². The van der Waals surface area contributed by atoms with Gasteiger partial charge in [-0.25, -0.2) is 0 Å². The number of rotatable bonds is 8. The summed E-state index contributed by atoms with van der Waals surface area (Å²) in [6.07, 6.45) is 6.49. The van der Waals surface area contributed by atoms with Crippen LogP contribution in [0.4, 0.5) is 0 Å². The molecule has 2 unspecified atom stereocenters. The molecule has 0 bridgehead atoms. The molecule has 2 aromatic heterocycles. The number of hydrogen-bond donors (Lipinski definition) is 3. The lowest BCUT2D eigenvalue weighted by atomic mass is 9.92. The molecule has 2 amide bonds. The van der Waals surface area contributed by atoms with Gasteiger partial charge in [0.2, 0.25) is 10.9 Å². The highest BCUT2D eigenvalue weighted by Crippen LogP contribution is 2.43. The SMILES string of the molecule is CC(=O)CCC1N(C(C)C)C(=O)c2c(O)c(=O)ccn2N1C1c2ccccc2CCc2ccccc21.CC(C)N1C(=O)c2c(O)c(=O)ccn2N(C2c3ccccc3CCc3ccccc32)C1CN. The van der Waals surface area contributed by atoms with E-state index >= 15 is 0 Å². The number of ketones is 1. The van der Waals surface area contributed by atoms with Crippen LogP contribution in [0, 0.1) is 0 Å². The number of nitrogens with zero attached hydrogens (tertiary/aromatic N) is 6. The minimum Gasteiger partial charge on any atom is -0.502 e. The van der Waals surface area contributed by atoms with Crippen molar-refractivity contribution in [1.82, 2.24) is 19.2 Å². The van der Waals surface area contributed by atoms with Crippen molar-refractivity contribution in [2.75, 3.05) is 16.6 Å². The Labute approximate surface area is 401 Å². The van der Waals surface area contributed by atoms with Gasteiger partial charge in [0.1, 0.15) is 18.1 Å². The van der Waals surface area contributed by atoms with E-state index in [1.165, 1.54) is 34.4 Å². The highest BCUT2D eigenvalue weighted by atomic mass is 16.3. The van der Waals surface area contributed by atoms with Gasteiger partial charge in [0.15, 0.2) is 22.9 Å². The molecule has 0 saturated carbocycles. The molecule has 2 aliphatic carbocycles. The predicted octanol–water partition coefficient (Wildman–Crippen LogP) is 6.47. The predicted molar refractivity (Wildman–Crippen MR) is 265 cm³/mol. The minimum absolute atomic E-state index is 0.0277. The van der Waals surface area contributed by atoms with Crippen LogP contribution in [0.25, 0.3) is 0 Å². The number of aromatic nitrogens is 2. The quantitative estimate of drug-likeness (QED) is 0.154. The summed E-state index contributed by atoms with van der Waals surface area (Å²) in [4.78, 5) is 67.5. The van der Waals surface area contributed by atoms with Crippen molar-refractivity contribution in [3.8, 4) is 11.5 Å². The van der Waals surface area contributed by atoms with E-state index < -0.39 is 46.5 Å². The zero-order chi connectivity index (χ0) is 48.8. The molecule has 4 N–H and O–H groups in total. The molecule has 2 aliphatic heterocycles. The molecule has 14 heteroatoms. The number of amides is 2. The van der Waals surface area contributed by atoms with Crippen molar-refractivity contribution in [3.63, 3.8) is 0 Å². The molecule has 4 aromatic carbocycles. The molecule has 0 spiro atoms. The van der Waals surface area contributed by atoms with Gasteiger partial charge >= 0.3 is 0 Å². The van der Waals surface area contributed by atoms with E-state index in [9.17, 15) is 34.2 Å². The average Bonchev–Trinajstić information content (AvgIpc) is 3.61. The first-order valence-corrected chi connectivity index (χ1v) is 23.9. The number of carbonyl (C=O) groups is 3. The Balaban J connectivity index is 0.000000172. The van der Waals surface area contributed by atoms with Gasteiger partial charge in [0.05, 0.1) is 12.1 Å². The second kappa shape index (κ2) is 18.9. The maximum absolute atomic E-state index is 13.8. The number of nitrogens with two attached hydrogens (primary N) is 1. The minimum atomic E-state index is -0.595. The third-order valence-electron chi connectivity index (χ3n) is 14.1. The van der Waals surface area contributed by atoms with Crippen LogP contribution in [-0.4, -0.2) is 77.9 Å². The number of aromatic hydroxyl groups is 2. The van der Waals surface area contributed by atoms with Gasteiger partial charge in [-0.15, -0.1) is 0 Å². The van der Waals surface area contributed by atoms with Crippen molar-refractivity contribution in [2.45, 2.75) is 110 Å². The maximum Gasteiger partial charge on any atom is 0.278 e. The Morgan fingerprint density at radius 2 is 0.884 bits per heavy atom. The van der Waals surface area contributed by atoms with E-state index in [0.29, 0.717) is 12.8 Å². The number of aryl methyl sites for hydroxylation is 4. The summed E-state index contributed by atoms with van der Waals surface area (Å²) < 4.78 is 3.28. The van der Waals surface area contributed by atoms with Crippen molar-refractivity contribution in [3.05, 3.63) is 198 Å². The van der Waals surface area contributed by atoms with Crippen LogP contribution < -0.4 is 26.6 Å². The highest BCUT2D eigenvalue weighted by molar-refractivity contribution is 5.97. The molecule has 14 nitrogen and oxygen atoms in total. The first kappa shape index (κ1) is 46.7. The fraction of sp³-hybridized carbons (Fsp3) is 0.327. The Hall–Kier alpha value is -7.45. The van der Waals surface area contributed by atoms with Crippen molar-refractivity contribution in [1.29, 1.82) is 0 Å². The molecule has 0 fully saturated rings. The van der Waals surface area contributed by atoms with Gasteiger partial charge < -0.3 is 30.5 Å². The summed E-state index contributed by atoms with van der Waals surface area (Å²) in [5, 5.41) is 25.7. The van der Waals surface area contributed by atoms with Crippen LogP contribution in [0.3, 0.4) is 0 Å². The van der Waals surface area contributed by atoms with E-state index in [1.54, 1.807) is 38.5 Å². The highest BCUT2D eigenvalue weighted by Gasteiger charge is 2.47. The number of hydrogen-bond acceptors (Lipinski definition) is 10. The Bertz CT molecular complexity index is 2990. The molecule has 69 heavy (non-hydrogen) atoms. The normalized spacial score (nSPS) is 17.7. The molecule has 10 rings (SSSR count). The van der Waals surface area contributed by atoms with Crippen molar-refractivity contribution in [2.24, 2.45) is 5.73 Å². The van der Waals surface area contributed by atoms with E-state index in [2.05, 4.69) is 58.5 Å². The first-order chi connectivity index (χ1) is 33.2. The summed E-state index contributed by atoms with van der Waals surface area (Å²) in [7, 11) is 0. The smallest absolute Gasteiger partial charge is 0.278 e. The topological polar surface area (TPSA) is 175 Å². The molecule has 356 valence electrons. The lowest BCUT2D eigenvalue weighted by Gasteiger charge is -2.51. The second-order valence-electron chi connectivity index (χ2n) is 18.9. The van der Waals surface area contributed by atoms with Crippen molar-refractivity contribution >= 4 is 17.6 Å². The van der Waals surface area contributed by atoms with E-state index in [4.69, 9.17) is 5.73 Å². The Kier molecular flexibility index (Phi) is 12.8. The van der Waals surface area contributed by atoms with Crippen LogP contribution in [-0.2, 0) is 30.5 Å². The zero-order valence-electron chi connectivity index (χ0n) is 39.7. The lowest BCUT2D eigenvalue weighted by Crippen LogP contribution is -2.66. The third-order valence-corrected chi connectivity index (χ3v) is 14.1. The fourth-order valence-corrected chi connectivity index (χ4v) is 11.0. The zero-order valence-corrected chi connectivity index (χ0v) is 39.7. The van der Waals surface area contributed by atoms with Gasteiger partial charge in [-0.05, 0) is 111 Å². The number of benzene rings is 4. The van der Waals surface area contributed by atoms with Crippen molar-refractivity contribution < 1.29 is 24.6 Å². The van der Waals surface area contributed by atoms with Gasteiger partial charge in [0.25, 0.3) is 11.8 Å². The molecule has 4 heterocycles. The largest absolute Gasteiger partial charge is 0.502 e. The van der Waals surface area contributed by atoms with Crippen LogP contribution in [0.15, 0.2) is 131 Å². The van der Waals surface area contributed by atoms with E-state index in [1.807, 2.05) is 76.2 Å². The maximum atomic E-state index is 13.8. The monoisotopic (exact) mass is 929 g/mol. The van der Waals surface area contributed by atoms with Crippen LogP contribution >= 0.6 is 0 Å².